The highest BCUT2D eigenvalue weighted by molar-refractivity contribution is 5.95. The molecule has 2 amide bonds. The largest absolute Gasteiger partial charge is 0.497 e. The fourth-order valence-electron chi connectivity index (χ4n) is 2.89. The molecule has 164 valence electrons. The minimum Gasteiger partial charge on any atom is -0.497 e. The minimum absolute atomic E-state index is 0.162. The number of halogens is 3. The van der Waals surface area contributed by atoms with Crippen LogP contribution < -0.4 is 10.1 Å². The summed E-state index contributed by atoms with van der Waals surface area (Å²) in [6, 6.07) is 13.3. The Labute approximate surface area is 178 Å². The Morgan fingerprint density at radius 2 is 1.74 bits per heavy atom. The third-order valence-corrected chi connectivity index (χ3v) is 4.72. The molecule has 8 heteroatoms. The zero-order valence-electron chi connectivity index (χ0n) is 17.0. The molecule has 0 aliphatic heterocycles. The molecular weight excluding hydrogens is 409 g/mol. The number of alkyl halides is 3. The van der Waals surface area contributed by atoms with Crippen LogP contribution in [0.4, 0.5) is 13.2 Å². The van der Waals surface area contributed by atoms with E-state index in [0.29, 0.717) is 22.4 Å². The van der Waals surface area contributed by atoms with Crippen LogP contribution in [0.2, 0.25) is 0 Å². The van der Waals surface area contributed by atoms with Gasteiger partial charge in [0.1, 0.15) is 12.3 Å². The van der Waals surface area contributed by atoms with E-state index in [9.17, 15) is 22.8 Å². The van der Waals surface area contributed by atoms with Crippen LogP contribution in [0.3, 0.4) is 0 Å². The van der Waals surface area contributed by atoms with Crippen LogP contribution in [-0.2, 0) is 11.3 Å². The summed E-state index contributed by atoms with van der Waals surface area (Å²) in [5.41, 5.74) is 1.65. The quantitative estimate of drug-likeness (QED) is 0.637. The number of rotatable bonds is 8. The van der Waals surface area contributed by atoms with Gasteiger partial charge in [0.25, 0.3) is 5.91 Å². The summed E-state index contributed by atoms with van der Waals surface area (Å²) in [7, 11) is 1.49. The maximum atomic E-state index is 13.0. The van der Waals surface area contributed by atoms with Gasteiger partial charge in [-0.15, -0.1) is 0 Å². The molecule has 0 spiro atoms. The van der Waals surface area contributed by atoms with Crippen molar-refractivity contribution >= 4 is 17.9 Å². The SMILES string of the molecule is COc1ccc(CN(CC(F)(F)F)C(=O)/C=C/c2ccc(C(=O)NC3CC3)cc2)cc1. The third-order valence-electron chi connectivity index (χ3n) is 4.72. The number of amides is 2. The van der Waals surface area contributed by atoms with Crippen molar-refractivity contribution in [1.29, 1.82) is 0 Å². The van der Waals surface area contributed by atoms with Crippen molar-refractivity contribution in [2.75, 3.05) is 13.7 Å². The van der Waals surface area contributed by atoms with Crippen molar-refractivity contribution in [2.24, 2.45) is 0 Å². The zero-order valence-corrected chi connectivity index (χ0v) is 17.0. The fraction of sp³-hybridized carbons (Fsp3) is 0.304. The van der Waals surface area contributed by atoms with Gasteiger partial charge in [0.2, 0.25) is 5.91 Å². The standard InChI is InChI=1S/C23H23F3N2O3/c1-31-20-11-4-17(5-12-20)14-28(15-23(24,25)26)21(29)13-6-16-2-7-18(8-3-16)22(30)27-19-9-10-19/h2-8,11-13,19H,9-10,14-15H2,1H3,(H,27,30)/b13-6+. The maximum absolute atomic E-state index is 13.0. The van der Waals surface area contributed by atoms with Gasteiger partial charge in [-0.3, -0.25) is 9.59 Å². The van der Waals surface area contributed by atoms with E-state index in [1.54, 1.807) is 48.5 Å². The van der Waals surface area contributed by atoms with Crippen LogP contribution in [0.25, 0.3) is 6.08 Å². The molecule has 1 N–H and O–H groups in total. The number of methoxy groups -OCH3 is 1. The Bertz CT molecular complexity index is 934. The van der Waals surface area contributed by atoms with Gasteiger partial charge in [0.05, 0.1) is 7.11 Å². The smallest absolute Gasteiger partial charge is 0.406 e. The number of nitrogens with one attached hydrogen (secondary N) is 1. The van der Waals surface area contributed by atoms with Crippen molar-refractivity contribution in [3.05, 3.63) is 71.3 Å². The van der Waals surface area contributed by atoms with Crippen molar-refractivity contribution in [3.63, 3.8) is 0 Å². The summed E-state index contributed by atoms with van der Waals surface area (Å²) in [6.45, 7) is -1.55. The third kappa shape index (κ3) is 7.16. The Kier molecular flexibility index (Phi) is 6.99. The molecule has 0 unspecified atom stereocenters. The molecule has 2 aromatic rings. The number of carbonyl (C=O) groups is 2. The first kappa shape index (κ1) is 22.4. The Balaban J connectivity index is 1.66. The summed E-state index contributed by atoms with van der Waals surface area (Å²) in [5, 5.41) is 2.87. The summed E-state index contributed by atoms with van der Waals surface area (Å²) in [6.07, 6.45) is -0.0113. The molecule has 1 saturated carbocycles. The first-order valence-electron chi connectivity index (χ1n) is 9.81. The van der Waals surface area contributed by atoms with Gasteiger partial charge < -0.3 is 15.0 Å². The lowest BCUT2D eigenvalue weighted by molar-refractivity contribution is -0.159. The molecule has 0 atom stereocenters. The van der Waals surface area contributed by atoms with Crippen LogP contribution >= 0.6 is 0 Å². The lowest BCUT2D eigenvalue weighted by atomic mass is 10.1. The van der Waals surface area contributed by atoms with Gasteiger partial charge >= 0.3 is 6.18 Å². The summed E-state index contributed by atoms with van der Waals surface area (Å²) in [4.78, 5) is 25.2. The lowest BCUT2D eigenvalue weighted by Gasteiger charge is -2.23. The molecule has 1 aliphatic rings. The molecule has 0 radical (unpaired) electrons. The van der Waals surface area contributed by atoms with Gasteiger partial charge in [0, 0.05) is 24.2 Å². The molecule has 5 nitrogen and oxygen atoms in total. The van der Waals surface area contributed by atoms with Gasteiger partial charge in [-0.05, 0) is 54.3 Å². The molecule has 31 heavy (non-hydrogen) atoms. The van der Waals surface area contributed by atoms with Gasteiger partial charge in [-0.25, -0.2) is 0 Å². The van der Waals surface area contributed by atoms with Crippen molar-refractivity contribution in [1.82, 2.24) is 10.2 Å². The van der Waals surface area contributed by atoms with Gasteiger partial charge in [-0.1, -0.05) is 24.3 Å². The van der Waals surface area contributed by atoms with Gasteiger partial charge in [0.15, 0.2) is 0 Å². The number of ether oxygens (including phenoxy) is 1. The van der Waals surface area contributed by atoms with Gasteiger partial charge in [-0.2, -0.15) is 13.2 Å². The summed E-state index contributed by atoms with van der Waals surface area (Å²) < 4.78 is 44.0. The lowest BCUT2D eigenvalue weighted by Crippen LogP contribution is -2.37. The van der Waals surface area contributed by atoms with Crippen LogP contribution in [0.5, 0.6) is 5.75 Å². The molecular formula is C23H23F3N2O3. The Morgan fingerprint density at radius 3 is 2.29 bits per heavy atom. The number of hydrogen-bond acceptors (Lipinski definition) is 3. The second-order valence-electron chi connectivity index (χ2n) is 7.36. The molecule has 1 fully saturated rings. The summed E-state index contributed by atoms with van der Waals surface area (Å²) in [5.74, 6) is -0.347. The fourth-order valence-corrected chi connectivity index (χ4v) is 2.89. The van der Waals surface area contributed by atoms with Crippen LogP contribution in [-0.4, -0.2) is 42.6 Å². The van der Waals surface area contributed by atoms with Crippen molar-refractivity contribution in [3.8, 4) is 5.75 Å². The average molecular weight is 432 g/mol. The molecule has 0 bridgehead atoms. The van der Waals surface area contributed by atoms with E-state index in [1.165, 1.54) is 13.2 Å². The molecule has 1 aliphatic carbocycles. The topological polar surface area (TPSA) is 58.6 Å². The van der Waals surface area contributed by atoms with E-state index in [-0.39, 0.29) is 18.5 Å². The Hall–Kier alpha value is -3.29. The van der Waals surface area contributed by atoms with E-state index >= 15 is 0 Å². The van der Waals surface area contributed by atoms with E-state index in [4.69, 9.17) is 4.74 Å². The zero-order chi connectivity index (χ0) is 22.4. The molecule has 0 saturated heterocycles. The maximum Gasteiger partial charge on any atom is 0.406 e. The second-order valence-corrected chi connectivity index (χ2v) is 7.36. The predicted molar refractivity (Wildman–Crippen MR) is 110 cm³/mol. The van der Waals surface area contributed by atoms with Crippen LogP contribution in [0, 0.1) is 0 Å². The van der Waals surface area contributed by atoms with Crippen molar-refractivity contribution in [2.45, 2.75) is 31.6 Å². The second kappa shape index (κ2) is 9.68. The highest BCUT2D eigenvalue weighted by Gasteiger charge is 2.32. The molecule has 3 rings (SSSR count). The van der Waals surface area contributed by atoms with Crippen LogP contribution in [0.15, 0.2) is 54.6 Å². The number of nitrogens with zero attached hydrogens (tertiary/aromatic N) is 1. The highest BCUT2D eigenvalue weighted by atomic mass is 19.4. The first-order chi connectivity index (χ1) is 14.7. The Morgan fingerprint density at radius 1 is 1.10 bits per heavy atom. The van der Waals surface area contributed by atoms with E-state index in [1.807, 2.05) is 0 Å². The number of benzene rings is 2. The van der Waals surface area contributed by atoms with E-state index < -0.39 is 18.6 Å². The number of hydrogen-bond donors (Lipinski definition) is 1. The molecule has 2 aromatic carbocycles. The normalized spacial score (nSPS) is 13.8. The monoisotopic (exact) mass is 432 g/mol. The minimum atomic E-state index is -4.52. The van der Waals surface area contributed by atoms with E-state index in [0.717, 1.165) is 23.8 Å². The average Bonchev–Trinajstić information content (AvgIpc) is 3.55. The highest BCUT2D eigenvalue weighted by Crippen LogP contribution is 2.21. The van der Waals surface area contributed by atoms with E-state index in [2.05, 4.69) is 5.32 Å². The first-order valence-corrected chi connectivity index (χ1v) is 9.81. The molecule has 0 aromatic heterocycles. The van der Waals surface area contributed by atoms with Crippen molar-refractivity contribution < 1.29 is 27.5 Å². The number of carbonyl (C=O) groups excluding carboxylic acids is 2. The summed E-state index contributed by atoms with van der Waals surface area (Å²) >= 11 is 0. The predicted octanol–water partition coefficient (Wildman–Crippen LogP) is 4.19. The molecule has 0 heterocycles. The van der Waals surface area contributed by atoms with Crippen LogP contribution in [0.1, 0.15) is 34.3 Å².